The van der Waals surface area contributed by atoms with Crippen LogP contribution in [0.1, 0.15) is 43.7 Å². The second kappa shape index (κ2) is 10.8. The van der Waals surface area contributed by atoms with Gasteiger partial charge in [0.1, 0.15) is 0 Å². The Morgan fingerprint density at radius 3 is 2.67 bits per heavy atom. The molecule has 176 valence electrons. The highest BCUT2D eigenvalue weighted by molar-refractivity contribution is 7.99. The van der Waals surface area contributed by atoms with E-state index in [9.17, 15) is 4.79 Å². The minimum Gasteiger partial charge on any atom is -0.493 e. The Morgan fingerprint density at radius 2 is 1.97 bits per heavy atom. The van der Waals surface area contributed by atoms with Crippen molar-refractivity contribution in [3.63, 3.8) is 0 Å². The van der Waals surface area contributed by atoms with Crippen molar-refractivity contribution in [3.05, 3.63) is 42.2 Å². The van der Waals surface area contributed by atoms with E-state index < -0.39 is 0 Å². The van der Waals surface area contributed by atoms with E-state index in [1.807, 2.05) is 30.3 Å². The molecule has 9 heteroatoms. The molecule has 2 heterocycles. The lowest BCUT2D eigenvalue weighted by Gasteiger charge is -2.25. The van der Waals surface area contributed by atoms with Gasteiger partial charge in [0, 0.05) is 25.2 Å². The lowest BCUT2D eigenvalue weighted by atomic mass is 9.95. The Balaban J connectivity index is 1.47. The molecule has 1 saturated carbocycles. The minimum atomic E-state index is 0.00242. The molecule has 0 aliphatic heterocycles. The summed E-state index contributed by atoms with van der Waals surface area (Å²) < 4.78 is 18.6. The summed E-state index contributed by atoms with van der Waals surface area (Å²) in [4.78, 5) is 14.6. The largest absolute Gasteiger partial charge is 0.493 e. The molecule has 4 rings (SSSR count). The van der Waals surface area contributed by atoms with Gasteiger partial charge in [0.05, 0.1) is 26.2 Å². The SMILES string of the molecule is COc1cccc(CN(C)C(=O)CSc2nnc(-c3ccco3)n2C2CCCCC2)c1OC. The highest BCUT2D eigenvalue weighted by atomic mass is 32.2. The van der Waals surface area contributed by atoms with Crippen molar-refractivity contribution in [2.45, 2.75) is 49.8 Å². The Hall–Kier alpha value is -2.94. The first kappa shape index (κ1) is 23.2. The van der Waals surface area contributed by atoms with Gasteiger partial charge in [0.25, 0.3) is 0 Å². The molecular weight excluding hydrogens is 440 g/mol. The number of nitrogens with zero attached hydrogens (tertiary/aromatic N) is 4. The fourth-order valence-corrected chi connectivity index (χ4v) is 5.22. The summed E-state index contributed by atoms with van der Waals surface area (Å²) in [6.45, 7) is 0.423. The summed E-state index contributed by atoms with van der Waals surface area (Å²) in [5.41, 5.74) is 0.892. The summed E-state index contributed by atoms with van der Waals surface area (Å²) in [6, 6.07) is 9.76. The smallest absolute Gasteiger partial charge is 0.233 e. The number of rotatable bonds is 9. The van der Waals surface area contributed by atoms with Gasteiger partial charge < -0.3 is 18.8 Å². The van der Waals surface area contributed by atoms with Gasteiger partial charge in [-0.3, -0.25) is 9.36 Å². The molecule has 0 bridgehead atoms. The molecule has 1 aliphatic carbocycles. The van der Waals surface area contributed by atoms with Crippen LogP contribution in [0.4, 0.5) is 0 Å². The van der Waals surface area contributed by atoms with Crippen LogP contribution >= 0.6 is 11.8 Å². The lowest BCUT2D eigenvalue weighted by molar-refractivity contribution is -0.127. The van der Waals surface area contributed by atoms with Crippen LogP contribution in [0.5, 0.6) is 11.5 Å². The summed E-state index contributed by atoms with van der Waals surface area (Å²) in [7, 11) is 5.00. The van der Waals surface area contributed by atoms with Crippen LogP contribution in [0.2, 0.25) is 0 Å². The molecule has 1 fully saturated rings. The van der Waals surface area contributed by atoms with Crippen LogP contribution in [-0.4, -0.2) is 52.6 Å². The highest BCUT2D eigenvalue weighted by Gasteiger charge is 2.26. The standard InChI is InChI=1S/C24H30N4O4S/c1-27(15-17-9-7-12-19(30-2)22(17)31-3)21(29)16-33-24-26-25-23(20-13-8-14-32-20)28(24)18-10-5-4-6-11-18/h7-9,12-14,18H,4-6,10-11,15-16H2,1-3H3. The first-order valence-corrected chi connectivity index (χ1v) is 12.2. The van der Waals surface area contributed by atoms with Crippen molar-refractivity contribution >= 4 is 17.7 Å². The van der Waals surface area contributed by atoms with Crippen LogP contribution in [0, 0.1) is 0 Å². The minimum absolute atomic E-state index is 0.00242. The number of methoxy groups -OCH3 is 2. The van der Waals surface area contributed by atoms with E-state index >= 15 is 0 Å². The Kier molecular flexibility index (Phi) is 7.59. The zero-order chi connectivity index (χ0) is 23.2. The summed E-state index contributed by atoms with van der Waals surface area (Å²) >= 11 is 1.42. The third-order valence-corrected chi connectivity index (χ3v) is 6.92. The van der Waals surface area contributed by atoms with Crippen molar-refractivity contribution in [2.24, 2.45) is 0 Å². The van der Waals surface area contributed by atoms with Gasteiger partial charge in [-0.1, -0.05) is 43.2 Å². The number of aromatic nitrogens is 3. The first-order valence-electron chi connectivity index (χ1n) is 11.2. The van der Waals surface area contributed by atoms with Gasteiger partial charge in [-0.2, -0.15) is 0 Å². The third kappa shape index (κ3) is 5.19. The summed E-state index contributed by atoms with van der Waals surface area (Å²) in [5.74, 6) is 3.00. The number of thioether (sulfide) groups is 1. The van der Waals surface area contributed by atoms with Crippen molar-refractivity contribution in [3.8, 4) is 23.1 Å². The fourth-order valence-electron chi connectivity index (χ4n) is 4.28. The van der Waals surface area contributed by atoms with Crippen LogP contribution in [0.15, 0.2) is 46.2 Å². The number of ether oxygens (including phenoxy) is 2. The van der Waals surface area contributed by atoms with E-state index in [-0.39, 0.29) is 11.7 Å². The van der Waals surface area contributed by atoms with E-state index in [0.717, 1.165) is 29.4 Å². The van der Waals surface area contributed by atoms with Crippen molar-refractivity contribution in [1.82, 2.24) is 19.7 Å². The number of carbonyl (C=O) groups is 1. The van der Waals surface area contributed by atoms with E-state index in [0.29, 0.717) is 29.8 Å². The molecule has 1 aromatic carbocycles. The Bertz CT molecular complexity index is 1060. The molecule has 0 radical (unpaired) electrons. The molecule has 0 saturated heterocycles. The first-order chi connectivity index (χ1) is 16.1. The van der Waals surface area contributed by atoms with Crippen molar-refractivity contribution in [2.75, 3.05) is 27.0 Å². The van der Waals surface area contributed by atoms with E-state index in [2.05, 4.69) is 14.8 Å². The van der Waals surface area contributed by atoms with Gasteiger partial charge in [-0.15, -0.1) is 10.2 Å². The quantitative estimate of drug-likeness (QED) is 0.415. The number of amides is 1. The molecule has 2 aromatic heterocycles. The molecule has 0 spiro atoms. The van der Waals surface area contributed by atoms with Gasteiger partial charge in [-0.25, -0.2) is 0 Å². The number of benzene rings is 1. The van der Waals surface area contributed by atoms with Crippen LogP contribution in [0.3, 0.4) is 0 Å². The zero-order valence-electron chi connectivity index (χ0n) is 19.3. The molecule has 1 aliphatic rings. The predicted molar refractivity (Wildman–Crippen MR) is 127 cm³/mol. The fraction of sp³-hybridized carbons (Fsp3) is 0.458. The lowest BCUT2D eigenvalue weighted by Crippen LogP contribution is -2.28. The maximum Gasteiger partial charge on any atom is 0.233 e. The molecule has 1 amide bonds. The van der Waals surface area contributed by atoms with Gasteiger partial charge in [0.2, 0.25) is 11.7 Å². The van der Waals surface area contributed by atoms with E-state index in [1.54, 1.807) is 32.4 Å². The number of hydrogen-bond donors (Lipinski definition) is 0. The number of para-hydroxylation sites is 1. The number of furan rings is 1. The monoisotopic (exact) mass is 470 g/mol. The van der Waals surface area contributed by atoms with Crippen molar-refractivity contribution < 1.29 is 18.7 Å². The van der Waals surface area contributed by atoms with Crippen LogP contribution < -0.4 is 9.47 Å². The highest BCUT2D eigenvalue weighted by Crippen LogP contribution is 2.36. The maximum atomic E-state index is 13.0. The summed E-state index contributed by atoms with van der Waals surface area (Å²) in [6.07, 6.45) is 7.45. The predicted octanol–water partition coefficient (Wildman–Crippen LogP) is 4.81. The van der Waals surface area contributed by atoms with Crippen LogP contribution in [0.25, 0.3) is 11.6 Å². The molecule has 8 nitrogen and oxygen atoms in total. The molecule has 33 heavy (non-hydrogen) atoms. The Morgan fingerprint density at radius 1 is 1.15 bits per heavy atom. The molecule has 0 unspecified atom stereocenters. The van der Waals surface area contributed by atoms with E-state index in [1.165, 1.54) is 31.0 Å². The number of hydrogen-bond acceptors (Lipinski definition) is 7. The van der Waals surface area contributed by atoms with Gasteiger partial charge in [0.15, 0.2) is 22.4 Å². The molecule has 0 atom stereocenters. The maximum absolute atomic E-state index is 13.0. The average molecular weight is 471 g/mol. The summed E-state index contributed by atoms with van der Waals surface area (Å²) in [5, 5.41) is 9.59. The van der Waals surface area contributed by atoms with Gasteiger partial charge >= 0.3 is 0 Å². The van der Waals surface area contributed by atoms with Crippen LogP contribution in [-0.2, 0) is 11.3 Å². The Labute approximate surface area is 198 Å². The normalized spacial score (nSPS) is 14.3. The average Bonchev–Trinajstić information content (AvgIpc) is 3.52. The molecular formula is C24H30N4O4S. The third-order valence-electron chi connectivity index (χ3n) is 5.99. The topological polar surface area (TPSA) is 82.6 Å². The second-order valence-corrected chi connectivity index (χ2v) is 9.08. The van der Waals surface area contributed by atoms with Gasteiger partial charge in [-0.05, 0) is 31.0 Å². The number of carbonyl (C=O) groups excluding carboxylic acids is 1. The second-order valence-electron chi connectivity index (χ2n) is 8.14. The zero-order valence-corrected chi connectivity index (χ0v) is 20.1. The van der Waals surface area contributed by atoms with E-state index in [4.69, 9.17) is 13.9 Å². The molecule has 0 N–H and O–H groups in total. The van der Waals surface area contributed by atoms with Crippen molar-refractivity contribution in [1.29, 1.82) is 0 Å². The molecule has 3 aromatic rings.